The van der Waals surface area contributed by atoms with E-state index in [1.54, 1.807) is 17.6 Å². The number of nitrogens with zero attached hydrogens (tertiary/aromatic N) is 3. The van der Waals surface area contributed by atoms with E-state index in [2.05, 4.69) is 20.4 Å². The molecule has 6 nitrogen and oxygen atoms in total. The first-order valence-corrected chi connectivity index (χ1v) is 11.9. The van der Waals surface area contributed by atoms with Crippen LogP contribution < -0.4 is 5.32 Å². The van der Waals surface area contributed by atoms with Gasteiger partial charge in [-0.1, -0.05) is 24.3 Å². The molecule has 176 valence electrons. The number of thiophene rings is 1. The molecule has 4 rings (SSSR count). The second kappa shape index (κ2) is 9.78. The predicted molar refractivity (Wildman–Crippen MR) is 123 cm³/mol. The van der Waals surface area contributed by atoms with Gasteiger partial charge in [-0.15, -0.1) is 11.3 Å². The van der Waals surface area contributed by atoms with Gasteiger partial charge in [0, 0.05) is 25.7 Å². The molecule has 2 N–H and O–H groups in total. The number of carbonyl (C=O) groups is 1. The van der Waals surface area contributed by atoms with E-state index in [1.165, 1.54) is 23.5 Å². The lowest BCUT2D eigenvalue weighted by molar-refractivity contribution is -0.137. The molecule has 0 bridgehead atoms. The monoisotopic (exact) mass is 495 g/mol. The maximum absolute atomic E-state index is 13.0. The van der Waals surface area contributed by atoms with Gasteiger partial charge in [-0.2, -0.15) is 18.3 Å². The Kier molecular flexibility index (Phi) is 7.01. The maximum Gasteiger partial charge on any atom is 0.416 e. The zero-order chi connectivity index (χ0) is 23.6. The van der Waals surface area contributed by atoms with E-state index in [4.69, 9.17) is 12.2 Å². The van der Waals surface area contributed by atoms with Crippen molar-refractivity contribution in [1.82, 2.24) is 25.0 Å². The summed E-state index contributed by atoms with van der Waals surface area (Å²) < 4.78 is 41.0. The summed E-state index contributed by atoms with van der Waals surface area (Å²) in [5.41, 5.74) is 0.00674. The van der Waals surface area contributed by atoms with Gasteiger partial charge in [0.05, 0.1) is 10.4 Å². The summed E-state index contributed by atoms with van der Waals surface area (Å²) in [4.78, 5) is 16.0. The van der Waals surface area contributed by atoms with Gasteiger partial charge in [-0.05, 0) is 55.1 Å². The molecule has 33 heavy (non-hydrogen) atoms. The third kappa shape index (κ3) is 5.53. The standard InChI is InChI=1S/C22H24F3N5OS2/c1-14(30-19(27-28-21(30)32)18-6-3-11-33-18)20(31)26-17-7-9-29(10-8-17)13-15-4-2-5-16(12-15)22(23,24)25/h2-6,11-12,14,17H,7-10,13H2,1H3,(H,26,31)(H,28,32). The molecule has 0 radical (unpaired) electrons. The van der Waals surface area contributed by atoms with Crippen LogP contribution in [-0.4, -0.2) is 44.7 Å². The van der Waals surface area contributed by atoms with Crippen LogP contribution in [0.1, 0.15) is 36.9 Å². The van der Waals surface area contributed by atoms with Crippen molar-refractivity contribution in [3.8, 4) is 10.7 Å². The molecule has 1 aliphatic rings. The Balaban J connectivity index is 1.33. The molecular formula is C22H24F3N5OS2. The number of likely N-dealkylation sites (tertiary alicyclic amines) is 1. The van der Waals surface area contributed by atoms with Crippen LogP contribution in [-0.2, 0) is 17.5 Å². The summed E-state index contributed by atoms with van der Waals surface area (Å²) in [5.74, 6) is 0.496. The van der Waals surface area contributed by atoms with E-state index in [0.29, 0.717) is 35.8 Å². The molecule has 1 fully saturated rings. The van der Waals surface area contributed by atoms with Gasteiger partial charge in [0.15, 0.2) is 10.6 Å². The number of aromatic amines is 1. The fourth-order valence-corrected chi connectivity index (χ4v) is 5.02. The van der Waals surface area contributed by atoms with Gasteiger partial charge < -0.3 is 5.32 Å². The number of piperidine rings is 1. The third-order valence-corrected chi connectivity index (χ3v) is 6.96. The first-order chi connectivity index (χ1) is 15.7. The first kappa shape index (κ1) is 23.7. The summed E-state index contributed by atoms with van der Waals surface area (Å²) in [6, 6.07) is 8.76. The molecular weight excluding hydrogens is 471 g/mol. The van der Waals surface area contributed by atoms with Gasteiger partial charge in [-0.3, -0.25) is 19.4 Å². The van der Waals surface area contributed by atoms with Crippen molar-refractivity contribution in [2.45, 2.75) is 44.6 Å². The molecule has 3 heterocycles. The van der Waals surface area contributed by atoms with Gasteiger partial charge in [0.1, 0.15) is 6.04 Å². The molecule has 1 amide bonds. The van der Waals surface area contributed by atoms with Crippen molar-refractivity contribution in [2.75, 3.05) is 13.1 Å². The number of hydrogen-bond acceptors (Lipinski definition) is 5. The van der Waals surface area contributed by atoms with Gasteiger partial charge in [0.25, 0.3) is 0 Å². The molecule has 11 heteroatoms. The first-order valence-electron chi connectivity index (χ1n) is 10.6. The van der Waals surface area contributed by atoms with E-state index >= 15 is 0 Å². The topological polar surface area (TPSA) is 66.0 Å². The average molecular weight is 496 g/mol. The molecule has 1 saturated heterocycles. The number of alkyl halides is 3. The van der Waals surface area contributed by atoms with Gasteiger partial charge >= 0.3 is 6.18 Å². The van der Waals surface area contributed by atoms with Crippen LogP contribution >= 0.6 is 23.6 Å². The number of nitrogens with one attached hydrogen (secondary N) is 2. The number of aromatic nitrogens is 3. The Morgan fingerprint density at radius 2 is 2.06 bits per heavy atom. The van der Waals surface area contributed by atoms with Gasteiger partial charge in [-0.25, -0.2) is 0 Å². The SMILES string of the molecule is CC(C(=O)NC1CCN(Cc2cccc(C(F)(F)F)c2)CC1)n1c(-c2cccs2)n[nH]c1=S. The summed E-state index contributed by atoms with van der Waals surface area (Å²) in [6.45, 7) is 3.64. The van der Waals surface area contributed by atoms with Crippen molar-refractivity contribution < 1.29 is 18.0 Å². The fourth-order valence-electron chi connectivity index (χ4n) is 4.02. The lowest BCUT2D eigenvalue weighted by Crippen LogP contribution is -2.46. The quantitative estimate of drug-likeness (QED) is 0.471. The second-order valence-corrected chi connectivity index (χ2v) is 9.47. The zero-order valence-electron chi connectivity index (χ0n) is 17.9. The molecule has 3 aromatic rings. The number of carbonyl (C=O) groups excluding carboxylic acids is 1. The van der Waals surface area contributed by atoms with E-state index in [9.17, 15) is 18.0 Å². The molecule has 0 saturated carbocycles. The minimum absolute atomic E-state index is 0.00368. The van der Waals surface area contributed by atoms with Crippen LogP contribution in [0.15, 0.2) is 41.8 Å². The number of halogens is 3. The molecule has 1 unspecified atom stereocenters. The highest BCUT2D eigenvalue weighted by Gasteiger charge is 2.31. The molecule has 1 aliphatic heterocycles. The minimum atomic E-state index is -4.34. The smallest absolute Gasteiger partial charge is 0.351 e. The van der Waals surface area contributed by atoms with Crippen LogP contribution in [0.3, 0.4) is 0 Å². The number of H-pyrrole nitrogens is 1. The van der Waals surface area contributed by atoms with Crippen molar-refractivity contribution in [3.05, 3.63) is 57.7 Å². The Bertz CT molecular complexity index is 1150. The predicted octanol–water partition coefficient (Wildman–Crippen LogP) is 5.03. The molecule has 0 aliphatic carbocycles. The Hall–Kier alpha value is -2.50. The summed E-state index contributed by atoms with van der Waals surface area (Å²) >= 11 is 6.87. The third-order valence-electron chi connectivity index (χ3n) is 5.81. The number of amides is 1. The number of hydrogen-bond donors (Lipinski definition) is 2. The Morgan fingerprint density at radius 1 is 1.30 bits per heavy atom. The summed E-state index contributed by atoms with van der Waals surface area (Å²) in [7, 11) is 0. The molecule has 2 aromatic heterocycles. The van der Waals surface area contributed by atoms with Crippen LogP contribution in [0.5, 0.6) is 0 Å². The zero-order valence-corrected chi connectivity index (χ0v) is 19.6. The van der Waals surface area contributed by atoms with E-state index in [0.717, 1.165) is 23.8 Å². The minimum Gasteiger partial charge on any atom is -0.351 e. The number of benzene rings is 1. The highest BCUT2D eigenvalue weighted by molar-refractivity contribution is 7.71. The fraction of sp³-hybridized carbons (Fsp3) is 0.409. The molecule has 1 aromatic carbocycles. The van der Waals surface area contributed by atoms with Crippen LogP contribution in [0, 0.1) is 4.77 Å². The Labute approximate surface area is 198 Å². The van der Waals surface area contributed by atoms with Crippen molar-refractivity contribution >= 4 is 29.5 Å². The second-order valence-electron chi connectivity index (χ2n) is 8.13. The van der Waals surface area contributed by atoms with E-state index in [-0.39, 0.29) is 11.9 Å². The summed E-state index contributed by atoms with van der Waals surface area (Å²) in [5, 5.41) is 12.1. The highest BCUT2D eigenvalue weighted by Crippen LogP contribution is 2.30. The molecule has 1 atom stereocenters. The van der Waals surface area contributed by atoms with Crippen LogP contribution in [0.2, 0.25) is 0 Å². The van der Waals surface area contributed by atoms with Gasteiger partial charge in [0.2, 0.25) is 5.91 Å². The summed E-state index contributed by atoms with van der Waals surface area (Å²) in [6.07, 6.45) is -2.89. The lowest BCUT2D eigenvalue weighted by Gasteiger charge is -2.33. The van der Waals surface area contributed by atoms with E-state index < -0.39 is 17.8 Å². The Morgan fingerprint density at radius 3 is 2.73 bits per heavy atom. The van der Waals surface area contributed by atoms with Crippen LogP contribution in [0.25, 0.3) is 10.7 Å². The van der Waals surface area contributed by atoms with Crippen molar-refractivity contribution in [3.63, 3.8) is 0 Å². The average Bonchev–Trinajstić information content (AvgIpc) is 3.44. The normalized spacial score (nSPS) is 16.6. The lowest BCUT2D eigenvalue weighted by atomic mass is 10.0. The highest BCUT2D eigenvalue weighted by atomic mass is 32.1. The van der Waals surface area contributed by atoms with Crippen molar-refractivity contribution in [2.24, 2.45) is 0 Å². The maximum atomic E-state index is 13.0. The van der Waals surface area contributed by atoms with Crippen molar-refractivity contribution in [1.29, 1.82) is 0 Å². The largest absolute Gasteiger partial charge is 0.416 e. The number of rotatable bonds is 6. The van der Waals surface area contributed by atoms with E-state index in [1.807, 2.05) is 17.5 Å². The van der Waals surface area contributed by atoms with Crippen LogP contribution in [0.4, 0.5) is 13.2 Å². The molecule has 0 spiro atoms.